The second kappa shape index (κ2) is 11.6. The number of rotatable bonds is 5. The molecule has 3 fully saturated rings. The minimum Gasteiger partial charge on any atom is -0.463 e. The van der Waals surface area contributed by atoms with Gasteiger partial charge in [-0.05, 0) is 63.4 Å². The van der Waals surface area contributed by atoms with Crippen LogP contribution in [0.5, 0.6) is 6.01 Å². The third kappa shape index (κ3) is 5.34. The maximum absolute atomic E-state index is 17.0. The Labute approximate surface area is 278 Å². The number of nitrogens with zero attached hydrogens (tertiary/aromatic N) is 5. The van der Waals surface area contributed by atoms with Crippen molar-refractivity contribution in [1.29, 1.82) is 0 Å². The molecule has 0 saturated carbocycles. The number of hydrogen-bond donors (Lipinski definition) is 2. The molecule has 1 aromatic carbocycles. The molecule has 2 bridgehead atoms. The third-order valence-electron chi connectivity index (χ3n) is 10.6. The lowest BCUT2D eigenvalue weighted by Crippen LogP contribution is -2.58. The number of pyridine rings is 1. The van der Waals surface area contributed by atoms with Gasteiger partial charge in [0.2, 0.25) is 6.43 Å². The van der Waals surface area contributed by atoms with Gasteiger partial charge >= 0.3 is 12.2 Å². The molecule has 0 amide bonds. The number of hydrogen-bond acceptors (Lipinski definition) is 8. The minimum absolute atomic E-state index is 0.0471. The van der Waals surface area contributed by atoms with Gasteiger partial charge in [-0.2, -0.15) is 23.1 Å². The maximum Gasteiger partial charge on any atom is 0.418 e. The third-order valence-corrected chi connectivity index (χ3v) is 10.9. The number of benzene rings is 1. The zero-order valence-corrected chi connectivity index (χ0v) is 27.5. The molecule has 3 aromatic rings. The number of nitrogens with two attached hydrogens (primary N) is 1. The molecule has 6 heterocycles. The van der Waals surface area contributed by atoms with Gasteiger partial charge in [-0.3, -0.25) is 0 Å². The summed E-state index contributed by atoms with van der Waals surface area (Å²) < 4.78 is 95.0. The van der Waals surface area contributed by atoms with E-state index >= 15 is 4.39 Å². The summed E-state index contributed by atoms with van der Waals surface area (Å²) in [5, 5.41) is 3.51. The van der Waals surface area contributed by atoms with Crippen molar-refractivity contribution < 1.29 is 31.1 Å². The Balaban J connectivity index is 1.46. The van der Waals surface area contributed by atoms with E-state index < -0.39 is 46.6 Å². The SMILES string of the molecule is C=C1C[C@H]2[C@@H]3CC[C@H](CN2c2nc(OC[C@@]4(C)CN(C)CC[C@H]4C(F)F)nc4c(F)c(-c5nc(N)cc(C)c5C(F)(F)F)c(Cl)c1c24)N3. The van der Waals surface area contributed by atoms with Gasteiger partial charge in [0.1, 0.15) is 17.2 Å². The number of likely N-dealkylation sites (tertiary alicyclic amines) is 1. The fraction of sp³-hybridized carbons (Fsp3) is 0.545. The van der Waals surface area contributed by atoms with E-state index in [9.17, 15) is 22.0 Å². The van der Waals surface area contributed by atoms with Gasteiger partial charge in [-0.25, -0.2) is 18.2 Å². The summed E-state index contributed by atoms with van der Waals surface area (Å²) in [5.74, 6) is -2.06. The number of nitrogens with one attached hydrogen (secondary N) is 1. The molecule has 2 aromatic heterocycles. The minimum atomic E-state index is -4.92. The maximum atomic E-state index is 17.0. The Kier molecular flexibility index (Phi) is 8.02. The molecule has 0 unspecified atom stereocenters. The van der Waals surface area contributed by atoms with Crippen molar-refractivity contribution in [2.75, 3.05) is 43.9 Å². The first-order chi connectivity index (χ1) is 22.6. The van der Waals surface area contributed by atoms with Crippen LogP contribution in [0.3, 0.4) is 0 Å². The summed E-state index contributed by atoms with van der Waals surface area (Å²) in [4.78, 5) is 17.1. The van der Waals surface area contributed by atoms with E-state index in [1.165, 1.54) is 6.92 Å². The lowest BCUT2D eigenvalue weighted by atomic mass is 9.73. The number of aromatic nitrogens is 3. The topological polar surface area (TPSA) is 92.4 Å². The predicted molar refractivity (Wildman–Crippen MR) is 172 cm³/mol. The summed E-state index contributed by atoms with van der Waals surface area (Å²) >= 11 is 6.94. The van der Waals surface area contributed by atoms with Crippen molar-refractivity contribution in [3.63, 3.8) is 0 Å². The van der Waals surface area contributed by atoms with Crippen LogP contribution >= 0.6 is 11.6 Å². The van der Waals surface area contributed by atoms with Gasteiger partial charge in [-0.1, -0.05) is 25.1 Å². The Morgan fingerprint density at radius 2 is 1.94 bits per heavy atom. The quantitative estimate of drug-likeness (QED) is 0.285. The number of ether oxygens (including phenoxy) is 1. The van der Waals surface area contributed by atoms with Gasteiger partial charge in [0.25, 0.3) is 0 Å². The van der Waals surface area contributed by atoms with Gasteiger partial charge in [-0.15, -0.1) is 0 Å². The van der Waals surface area contributed by atoms with Crippen LogP contribution in [-0.4, -0.2) is 77.7 Å². The van der Waals surface area contributed by atoms with Crippen LogP contribution in [-0.2, 0) is 6.18 Å². The summed E-state index contributed by atoms with van der Waals surface area (Å²) in [6, 6.07) is 0.791. The smallest absolute Gasteiger partial charge is 0.418 e. The Bertz CT molecular complexity index is 1820. The number of halogens is 7. The van der Waals surface area contributed by atoms with Crippen LogP contribution in [0.1, 0.15) is 49.3 Å². The molecular formula is C33H36ClF6N7O. The lowest BCUT2D eigenvalue weighted by Gasteiger charge is -2.44. The largest absolute Gasteiger partial charge is 0.463 e. The van der Waals surface area contributed by atoms with E-state index in [0.717, 1.165) is 18.9 Å². The molecule has 258 valence electrons. The molecule has 4 aliphatic heterocycles. The monoisotopic (exact) mass is 695 g/mol. The highest BCUT2D eigenvalue weighted by molar-refractivity contribution is 6.37. The summed E-state index contributed by atoms with van der Waals surface area (Å²) in [6.07, 6.45) is -5.07. The van der Waals surface area contributed by atoms with Gasteiger partial charge in [0.15, 0.2) is 5.82 Å². The first kappa shape index (κ1) is 33.2. The molecule has 5 atom stereocenters. The van der Waals surface area contributed by atoms with Crippen LogP contribution in [0.15, 0.2) is 12.6 Å². The average Bonchev–Trinajstić information content (AvgIpc) is 3.32. The van der Waals surface area contributed by atoms with Gasteiger partial charge in [0.05, 0.1) is 33.8 Å². The highest BCUT2D eigenvalue weighted by Gasteiger charge is 2.47. The number of piperidine rings is 1. The van der Waals surface area contributed by atoms with Crippen molar-refractivity contribution in [3.8, 4) is 17.3 Å². The van der Waals surface area contributed by atoms with Crippen molar-refractivity contribution in [1.82, 2.24) is 25.2 Å². The molecular weight excluding hydrogens is 660 g/mol. The molecule has 48 heavy (non-hydrogen) atoms. The Morgan fingerprint density at radius 1 is 1.19 bits per heavy atom. The molecule has 7 rings (SSSR count). The van der Waals surface area contributed by atoms with Crippen LogP contribution < -0.4 is 20.7 Å². The van der Waals surface area contributed by atoms with Crippen molar-refractivity contribution in [2.45, 2.75) is 70.3 Å². The normalized spacial score (nSPS) is 27.5. The molecule has 3 N–H and O–H groups in total. The number of piperazine rings is 1. The first-order valence-corrected chi connectivity index (χ1v) is 16.3. The lowest BCUT2D eigenvalue weighted by molar-refractivity contribution is -0.137. The first-order valence-electron chi connectivity index (χ1n) is 15.9. The molecule has 4 aliphatic rings. The number of anilines is 2. The molecule has 0 spiro atoms. The zero-order valence-electron chi connectivity index (χ0n) is 26.7. The molecule has 3 saturated heterocycles. The molecule has 15 heteroatoms. The highest BCUT2D eigenvalue weighted by atomic mass is 35.5. The van der Waals surface area contributed by atoms with Crippen LogP contribution in [0, 0.1) is 24.1 Å². The predicted octanol–water partition coefficient (Wildman–Crippen LogP) is 6.72. The summed E-state index contributed by atoms with van der Waals surface area (Å²) in [6.45, 7) is 8.36. The van der Waals surface area contributed by atoms with Gasteiger partial charge < -0.3 is 25.6 Å². The van der Waals surface area contributed by atoms with Crippen LogP contribution in [0.4, 0.5) is 38.0 Å². The van der Waals surface area contributed by atoms with E-state index in [-0.39, 0.29) is 70.0 Å². The summed E-state index contributed by atoms with van der Waals surface area (Å²) in [5.41, 5.74) is 2.48. The Morgan fingerprint density at radius 3 is 2.65 bits per heavy atom. The van der Waals surface area contributed by atoms with Crippen molar-refractivity contribution in [2.24, 2.45) is 11.3 Å². The second-order valence-corrected chi connectivity index (χ2v) is 14.4. The standard InChI is InChI=1S/C33H36ClF6N7O/c1-14-9-19-18-6-5-16(42-18)11-47(19)30-22-21(14)25(34)23(27-24(33(38,39)40)15(2)10-20(41)43-27)26(35)28(22)44-31(45-30)48-13-32(3)12-46(4)8-7-17(32)29(36)37/h10,16-19,29,42H,1,5-9,11-13H2,2-4H3,(H2,41,43)/t16-,17+,18+,19+,32-/m1/s1. The zero-order chi connectivity index (χ0) is 34.4. The molecule has 8 nitrogen and oxygen atoms in total. The van der Waals surface area contributed by atoms with Crippen molar-refractivity contribution in [3.05, 3.63) is 40.2 Å². The summed E-state index contributed by atoms with van der Waals surface area (Å²) in [7, 11) is 1.84. The molecule has 0 aliphatic carbocycles. The average molecular weight is 696 g/mol. The fourth-order valence-electron chi connectivity index (χ4n) is 8.39. The van der Waals surface area contributed by atoms with E-state index in [1.807, 2.05) is 11.9 Å². The van der Waals surface area contributed by atoms with E-state index in [0.29, 0.717) is 37.4 Å². The van der Waals surface area contributed by atoms with E-state index in [1.54, 1.807) is 6.92 Å². The second-order valence-electron chi connectivity index (χ2n) is 14.0. The van der Waals surface area contributed by atoms with Crippen LogP contribution in [0.2, 0.25) is 5.02 Å². The fourth-order valence-corrected chi connectivity index (χ4v) is 8.79. The van der Waals surface area contributed by atoms with Crippen molar-refractivity contribution >= 4 is 39.7 Å². The number of fused-ring (bicyclic) bond motifs is 5. The highest BCUT2D eigenvalue weighted by Crippen LogP contribution is 2.51. The number of aryl methyl sites for hydroxylation is 1. The number of nitrogen functional groups attached to an aromatic ring is 1. The van der Waals surface area contributed by atoms with Crippen LogP contribution in [0.25, 0.3) is 27.7 Å². The Hall–Kier alpha value is -3.36. The molecule has 0 radical (unpaired) electrons. The number of alkyl halides is 5. The van der Waals surface area contributed by atoms with E-state index in [2.05, 4.69) is 26.8 Å². The van der Waals surface area contributed by atoms with E-state index in [4.69, 9.17) is 27.1 Å². The van der Waals surface area contributed by atoms with Gasteiger partial charge in [0, 0.05) is 48.1 Å².